The van der Waals surface area contributed by atoms with Gasteiger partial charge in [-0.1, -0.05) is 25.3 Å². The average Bonchev–Trinajstić information content (AvgIpc) is 2.17. The summed E-state index contributed by atoms with van der Waals surface area (Å²) >= 11 is 0. The first kappa shape index (κ1) is 9.75. The van der Waals surface area contributed by atoms with Crippen LogP contribution in [0.3, 0.4) is 0 Å². The Balaban J connectivity index is 2.38. The van der Waals surface area contributed by atoms with Crippen molar-refractivity contribution in [2.24, 2.45) is 5.92 Å². The molecule has 0 amide bonds. The Bertz CT molecular complexity index is 139. The van der Waals surface area contributed by atoms with E-state index < -0.39 is 12.2 Å². The minimum absolute atomic E-state index is 0.284. The molecule has 0 aromatic rings. The lowest BCUT2D eigenvalue weighted by atomic mass is 9.83. The van der Waals surface area contributed by atoms with Crippen molar-refractivity contribution in [1.82, 2.24) is 0 Å². The van der Waals surface area contributed by atoms with Gasteiger partial charge in [0.25, 0.3) is 0 Å². The summed E-state index contributed by atoms with van der Waals surface area (Å²) in [5, 5.41) is 18.9. The molecule has 2 N–H and O–H groups in total. The molecule has 0 aromatic carbocycles. The third-order valence-corrected chi connectivity index (χ3v) is 2.72. The maximum absolute atomic E-state index is 9.62. The van der Waals surface area contributed by atoms with Gasteiger partial charge in [-0.15, -0.1) is 6.58 Å². The van der Waals surface area contributed by atoms with Crippen molar-refractivity contribution in [3.05, 3.63) is 12.7 Å². The molecule has 12 heavy (non-hydrogen) atoms. The lowest BCUT2D eigenvalue weighted by Crippen LogP contribution is -2.33. The maximum Gasteiger partial charge on any atom is 0.0980 e. The van der Waals surface area contributed by atoms with Crippen LogP contribution in [-0.2, 0) is 0 Å². The SMILES string of the molecule is C=CC(O)C(O)C1CCCCC1. The molecule has 0 aliphatic heterocycles. The Morgan fingerprint density at radius 1 is 1.17 bits per heavy atom. The highest BCUT2D eigenvalue weighted by Crippen LogP contribution is 2.27. The Morgan fingerprint density at radius 3 is 2.25 bits per heavy atom. The first-order valence-electron chi connectivity index (χ1n) is 4.74. The van der Waals surface area contributed by atoms with Gasteiger partial charge in [0.15, 0.2) is 0 Å². The average molecular weight is 170 g/mol. The van der Waals surface area contributed by atoms with E-state index in [1.165, 1.54) is 25.3 Å². The van der Waals surface area contributed by atoms with E-state index in [0.717, 1.165) is 12.8 Å². The standard InChI is InChI=1S/C10H18O2/c1-2-9(11)10(12)8-6-4-3-5-7-8/h2,8-12H,1,3-7H2. The molecule has 1 aliphatic rings. The second-order valence-electron chi connectivity index (χ2n) is 3.61. The van der Waals surface area contributed by atoms with Crippen LogP contribution in [0.2, 0.25) is 0 Å². The van der Waals surface area contributed by atoms with Crippen molar-refractivity contribution in [2.75, 3.05) is 0 Å². The lowest BCUT2D eigenvalue weighted by Gasteiger charge is -2.28. The molecule has 0 aromatic heterocycles. The van der Waals surface area contributed by atoms with Crippen LogP contribution in [0.5, 0.6) is 0 Å². The largest absolute Gasteiger partial charge is 0.390 e. The van der Waals surface area contributed by atoms with Gasteiger partial charge in [0, 0.05) is 0 Å². The molecular weight excluding hydrogens is 152 g/mol. The summed E-state index contributed by atoms with van der Waals surface area (Å²) in [6, 6.07) is 0. The highest BCUT2D eigenvalue weighted by Gasteiger charge is 2.25. The third-order valence-electron chi connectivity index (χ3n) is 2.72. The Morgan fingerprint density at radius 2 is 1.75 bits per heavy atom. The number of hydrogen-bond donors (Lipinski definition) is 2. The van der Waals surface area contributed by atoms with Gasteiger partial charge in [0.2, 0.25) is 0 Å². The van der Waals surface area contributed by atoms with E-state index in [-0.39, 0.29) is 5.92 Å². The zero-order valence-electron chi connectivity index (χ0n) is 7.45. The van der Waals surface area contributed by atoms with Crippen LogP contribution in [0.4, 0.5) is 0 Å². The van der Waals surface area contributed by atoms with Crippen LogP contribution < -0.4 is 0 Å². The highest BCUT2D eigenvalue weighted by atomic mass is 16.3. The van der Waals surface area contributed by atoms with Crippen molar-refractivity contribution < 1.29 is 10.2 Å². The molecule has 0 radical (unpaired) electrons. The van der Waals surface area contributed by atoms with Crippen LogP contribution in [0.15, 0.2) is 12.7 Å². The van der Waals surface area contributed by atoms with Gasteiger partial charge >= 0.3 is 0 Å². The minimum Gasteiger partial charge on any atom is -0.390 e. The molecule has 2 heteroatoms. The van der Waals surface area contributed by atoms with Crippen molar-refractivity contribution in [3.8, 4) is 0 Å². The molecule has 0 bridgehead atoms. The van der Waals surface area contributed by atoms with Crippen LogP contribution >= 0.6 is 0 Å². The number of aliphatic hydroxyl groups excluding tert-OH is 2. The van der Waals surface area contributed by atoms with Gasteiger partial charge in [0.05, 0.1) is 12.2 Å². The van der Waals surface area contributed by atoms with Gasteiger partial charge in [-0.05, 0) is 18.8 Å². The highest BCUT2D eigenvalue weighted by molar-refractivity contribution is 4.88. The van der Waals surface area contributed by atoms with Crippen molar-refractivity contribution in [3.63, 3.8) is 0 Å². The van der Waals surface area contributed by atoms with E-state index in [1.54, 1.807) is 0 Å². The fraction of sp³-hybridized carbons (Fsp3) is 0.800. The molecule has 70 valence electrons. The van der Waals surface area contributed by atoms with Crippen LogP contribution in [-0.4, -0.2) is 22.4 Å². The quantitative estimate of drug-likeness (QED) is 0.630. The van der Waals surface area contributed by atoms with Crippen LogP contribution in [0.1, 0.15) is 32.1 Å². The fourth-order valence-corrected chi connectivity index (χ4v) is 1.89. The smallest absolute Gasteiger partial charge is 0.0980 e. The predicted octanol–water partition coefficient (Wildman–Crippen LogP) is 1.47. The summed E-state index contributed by atoms with van der Waals surface area (Å²) in [5.74, 6) is 0.284. The topological polar surface area (TPSA) is 40.5 Å². The zero-order chi connectivity index (χ0) is 8.97. The fourth-order valence-electron chi connectivity index (χ4n) is 1.89. The molecule has 1 rings (SSSR count). The Labute approximate surface area is 73.9 Å². The van der Waals surface area contributed by atoms with Gasteiger partial charge in [-0.25, -0.2) is 0 Å². The molecular formula is C10H18O2. The van der Waals surface area contributed by atoms with Gasteiger partial charge < -0.3 is 10.2 Å². The lowest BCUT2D eigenvalue weighted by molar-refractivity contribution is -0.00356. The molecule has 1 fully saturated rings. The first-order valence-corrected chi connectivity index (χ1v) is 4.74. The van der Waals surface area contributed by atoms with Gasteiger partial charge in [-0.3, -0.25) is 0 Å². The molecule has 2 nitrogen and oxygen atoms in total. The number of rotatable bonds is 3. The minimum atomic E-state index is -0.743. The van der Waals surface area contributed by atoms with Crippen molar-refractivity contribution >= 4 is 0 Å². The summed E-state index contributed by atoms with van der Waals surface area (Å²) < 4.78 is 0. The van der Waals surface area contributed by atoms with E-state index >= 15 is 0 Å². The van der Waals surface area contributed by atoms with Crippen LogP contribution in [0, 0.1) is 5.92 Å². The van der Waals surface area contributed by atoms with Gasteiger partial charge in [-0.2, -0.15) is 0 Å². The van der Waals surface area contributed by atoms with Crippen molar-refractivity contribution in [1.29, 1.82) is 0 Å². The first-order chi connectivity index (χ1) is 5.75. The Kier molecular flexibility index (Phi) is 3.76. The molecule has 2 unspecified atom stereocenters. The molecule has 0 heterocycles. The maximum atomic E-state index is 9.62. The van der Waals surface area contributed by atoms with Crippen molar-refractivity contribution in [2.45, 2.75) is 44.3 Å². The summed E-state index contributed by atoms with van der Waals surface area (Å²) in [7, 11) is 0. The van der Waals surface area contributed by atoms with E-state index in [1.807, 2.05) is 0 Å². The summed E-state index contributed by atoms with van der Waals surface area (Å²) in [4.78, 5) is 0. The molecule has 2 atom stereocenters. The molecule has 0 saturated heterocycles. The third kappa shape index (κ3) is 2.32. The number of aliphatic hydroxyl groups is 2. The summed E-state index contributed by atoms with van der Waals surface area (Å²) in [6.07, 6.45) is 5.82. The normalized spacial score (nSPS) is 24.8. The van der Waals surface area contributed by atoms with E-state index in [4.69, 9.17) is 0 Å². The summed E-state index contributed by atoms with van der Waals surface area (Å²) in [6.45, 7) is 3.47. The second kappa shape index (κ2) is 4.63. The van der Waals surface area contributed by atoms with Crippen LogP contribution in [0.25, 0.3) is 0 Å². The molecule has 1 saturated carbocycles. The Hall–Kier alpha value is -0.340. The molecule has 0 spiro atoms. The van der Waals surface area contributed by atoms with E-state index in [2.05, 4.69) is 6.58 Å². The van der Waals surface area contributed by atoms with E-state index in [9.17, 15) is 10.2 Å². The summed E-state index contributed by atoms with van der Waals surface area (Å²) in [5.41, 5.74) is 0. The van der Waals surface area contributed by atoms with Gasteiger partial charge in [0.1, 0.15) is 0 Å². The number of hydrogen-bond acceptors (Lipinski definition) is 2. The second-order valence-corrected chi connectivity index (χ2v) is 3.61. The molecule has 1 aliphatic carbocycles. The van der Waals surface area contributed by atoms with E-state index in [0.29, 0.717) is 0 Å². The monoisotopic (exact) mass is 170 g/mol. The zero-order valence-corrected chi connectivity index (χ0v) is 7.45. The predicted molar refractivity (Wildman–Crippen MR) is 48.8 cm³/mol.